The number of sulfonamides is 1. The topological polar surface area (TPSA) is 194 Å². The van der Waals surface area contributed by atoms with Crippen molar-refractivity contribution in [3.63, 3.8) is 0 Å². The molecule has 1 aromatic carbocycles. The zero-order valence-electron chi connectivity index (χ0n) is 33.6. The Morgan fingerprint density at radius 3 is 2.48 bits per heavy atom. The molecule has 7 atom stereocenters. The van der Waals surface area contributed by atoms with E-state index in [1.54, 1.807) is 30.4 Å². The number of pyridine rings is 1. The fourth-order valence-electron chi connectivity index (χ4n) is 8.73. The van der Waals surface area contributed by atoms with Crippen LogP contribution in [-0.2, 0) is 24.4 Å². The van der Waals surface area contributed by atoms with Gasteiger partial charge < -0.3 is 29.5 Å². The number of hydrogen-bond donors (Lipinski definition) is 3. The van der Waals surface area contributed by atoms with Crippen LogP contribution in [0.25, 0.3) is 10.8 Å². The molecule has 5 aliphatic rings. The number of nitrogens with one attached hydrogen (secondary N) is 2. The molecule has 3 fully saturated rings. The van der Waals surface area contributed by atoms with Gasteiger partial charge >= 0.3 is 12.3 Å². The Hall–Kier alpha value is -4.88. The highest BCUT2D eigenvalue weighted by Crippen LogP contribution is 2.48. The van der Waals surface area contributed by atoms with E-state index in [0.29, 0.717) is 55.6 Å². The fourth-order valence-corrected chi connectivity index (χ4v) is 10.2. The number of ether oxygens (including phenoxy) is 3. The number of alkyl halides is 4. The van der Waals surface area contributed by atoms with Crippen LogP contribution in [0.2, 0.25) is 0 Å². The number of nitrogens with zero attached hydrogens (tertiary/aromatic N) is 3. The Bertz CT molecular complexity index is 2200. The van der Waals surface area contributed by atoms with E-state index < -0.39 is 99.1 Å². The molecule has 20 heteroatoms. The van der Waals surface area contributed by atoms with Crippen molar-refractivity contribution in [2.24, 2.45) is 17.8 Å². The van der Waals surface area contributed by atoms with Crippen molar-refractivity contribution < 1.29 is 64.5 Å². The molecule has 2 saturated carbocycles. The number of halogens is 4. The highest BCUT2D eigenvalue weighted by atomic mass is 32.2. The lowest BCUT2D eigenvalue weighted by Gasteiger charge is -2.45. The molecule has 7 rings (SSSR count). The average molecular weight is 868 g/mol. The third kappa shape index (κ3) is 7.67. The molecule has 328 valence electrons. The summed E-state index contributed by atoms with van der Waals surface area (Å²) in [7, 11) is -4.51. The van der Waals surface area contributed by atoms with Gasteiger partial charge in [0.05, 0.1) is 6.54 Å². The minimum absolute atomic E-state index is 0.000448. The molecule has 1 aromatic heterocycles. The van der Waals surface area contributed by atoms with Crippen LogP contribution in [0.1, 0.15) is 72.6 Å². The van der Waals surface area contributed by atoms with Gasteiger partial charge in [-0.1, -0.05) is 26.0 Å². The Morgan fingerprint density at radius 1 is 1.10 bits per heavy atom. The van der Waals surface area contributed by atoms with Crippen LogP contribution in [0.15, 0.2) is 36.5 Å². The Labute approximate surface area is 344 Å². The molecule has 3 N–H and O–H groups in total. The molecule has 0 unspecified atom stereocenters. The minimum atomic E-state index is -5.12. The summed E-state index contributed by atoms with van der Waals surface area (Å²) in [5.41, 5.74) is -4.91. The molecule has 2 aromatic rings. The van der Waals surface area contributed by atoms with Crippen LogP contribution >= 0.6 is 0 Å². The highest BCUT2D eigenvalue weighted by molar-refractivity contribution is 7.91. The van der Waals surface area contributed by atoms with Crippen molar-refractivity contribution >= 4 is 44.6 Å². The number of fused-ring (bicyclic) bond motifs is 5. The van der Waals surface area contributed by atoms with Gasteiger partial charge in [0.25, 0.3) is 5.91 Å². The number of carbonyl (C=O) groups excluding carboxylic acids is 3. The zero-order chi connectivity index (χ0) is 43.6. The first kappa shape index (κ1) is 43.2. The van der Waals surface area contributed by atoms with E-state index in [4.69, 9.17) is 14.2 Å². The van der Waals surface area contributed by atoms with Gasteiger partial charge in [-0.15, -0.1) is 0 Å². The average Bonchev–Trinajstić information content (AvgIpc) is 4.09. The summed E-state index contributed by atoms with van der Waals surface area (Å²) in [4.78, 5) is 62.0. The predicted molar refractivity (Wildman–Crippen MR) is 206 cm³/mol. The predicted octanol–water partition coefficient (Wildman–Crippen LogP) is 4.88. The van der Waals surface area contributed by atoms with E-state index in [9.17, 15) is 45.5 Å². The third-order valence-corrected chi connectivity index (χ3v) is 14.8. The number of aromatic nitrogens is 1. The number of carbonyl (C=O) groups is 4. The van der Waals surface area contributed by atoms with E-state index in [1.807, 2.05) is 11.6 Å². The van der Waals surface area contributed by atoms with Crippen LogP contribution in [0.3, 0.4) is 0 Å². The largest absolute Gasteiger partial charge is 0.486 e. The molecule has 60 heavy (non-hydrogen) atoms. The summed E-state index contributed by atoms with van der Waals surface area (Å²) in [6, 6.07) is 1.55. The quantitative estimate of drug-likeness (QED) is 0.242. The van der Waals surface area contributed by atoms with Crippen molar-refractivity contribution in [2.75, 3.05) is 26.4 Å². The molecular weight excluding hydrogens is 819 g/mol. The lowest BCUT2D eigenvalue weighted by atomic mass is 9.85. The second-order valence-corrected chi connectivity index (χ2v) is 19.4. The first-order valence-corrected chi connectivity index (χ1v) is 21.5. The van der Waals surface area contributed by atoms with Crippen LogP contribution < -0.4 is 24.2 Å². The van der Waals surface area contributed by atoms with Crippen LogP contribution in [-0.4, -0.2) is 119 Å². The lowest BCUT2D eigenvalue weighted by Crippen LogP contribution is -2.66. The molecule has 0 spiro atoms. The first-order valence-electron chi connectivity index (χ1n) is 20.0. The van der Waals surface area contributed by atoms with Crippen molar-refractivity contribution in [3.05, 3.63) is 36.5 Å². The number of amides is 4. The number of allylic oxidation sites excluding steroid dienone is 1. The van der Waals surface area contributed by atoms with Crippen LogP contribution in [0.4, 0.5) is 22.4 Å². The normalized spacial score (nSPS) is 29.3. The highest BCUT2D eigenvalue weighted by Gasteiger charge is 2.64. The monoisotopic (exact) mass is 867 g/mol. The van der Waals surface area contributed by atoms with E-state index >= 15 is 4.79 Å². The van der Waals surface area contributed by atoms with Crippen LogP contribution in [0, 0.1) is 17.8 Å². The number of hydrogen-bond acceptors (Lipinski definition) is 10. The van der Waals surface area contributed by atoms with Crippen molar-refractivity contribution in [2.45, 2.75) is 113 Å². The number of rotatable bonds is 8. The summed E-state index contributed by atoms with van der Waals surface area (Å²) in [5.74, 6) is -4.05. The summed E-state index contributed by atoms with van der Waals surface area (Å²) < 4.78 is 103. The molecule has 2 aliphatic carbocycles. The van der Waals surface area contributed by atoms with E-state index in [-0.39, 0.29) is 55.4 Å². The lowest BCUT2D eigenvalue weighted by molar-refractivity contribution is -0.222. The number of carboxylic acid groups (broad SMARTS) is 1. The van der Waals surface area contributed by atoms with Gasteiger partial charge in [0.15, 0.2) is 11.5 Å². The minimum Gasteiger partial charge on any atom is -0.486 e. The summed E-state index contributed by atoms with van der Waals surface area (Å²) >= 11 is 0. The maximum atomic E-state index is 15.0. The third-order valence-electron chi connectivity index (χ3n) is 12.7. The van der Waals surface area contributed by atoms with Crippen LogP contribution in [0.5, 0.6) is 17.4 Å². The number of benzene rings is 1. The second-order valence-electron chi connectivity index (χ2n) is 17.3. The first-order chi connectivity index (χ1) is 28.2. The Morgan fingerprint density at radius 2 is 1.82 bits per heavy atom. The summed E-state index contributed by atoms with van der Waals surface area (Å²) in [6.07, 6.45) is -2.61. The van der Waals surface area contributed by atoms with Crippen molar-refractivity contribution in [1.82, 2.24) is 24.8 Å². The molecule has 0 radical (unpaired) electrons. The molecule has 15 nitrogen and oxygen atoms in total. The summed E-state index contributed by atoms with van der Waals surface area (Å²) in [6.45, 7) is 3.66. The van der Waals surface area contributed by atoms with E-state index in [0.717, 1.165) is 4.90 Å². The maximum Gasteiger partial charge on any atom is 0.411 e. The zero-order valence-corrected chi connectivity index (χ0v) is 34.4. The molecule has 4 heterocycles. The van der Waals surface area contributed by atoms with Gasteiger partial charge in [0.2, 0.25) is 27.7 Å². The Balaban J connectivity index is 1.29. The van der Waals surface area contributed by atoms with Gasteiger partial charge in [-0.25, -0.2) is 22.6 Å². The fraction of sp³-hybridized carbons (Fsp3) is 0.625. The smallest absolute Gasteiger partial charge is 0.411 e. The summed E-state index contributed by atoms with van der Waals surface area (Å²) in [5, 5.41) is 14.2. The molecule has 0 bridgehead atoms. The second kappa shape index (κ2) is 15.5. The van der Waals surface area contributed by atoms with Gasteiger partial charge in [-0.05, 0) is 82.4 Å². The molecule has 4 amide bonds. The maximum absolute atomic E-state index is 15.0. The SMILES string of the molecule is C[C@H]1CCC=C[C@@H]2C[C@@]2(C(=O)NS(=O)(=O)C2(CF)CC2)NC(=O)[C@@H]2C[C@@H](Oc3nccc4c5c(ccc34)OCCO5)CN2C(=O)[C@@H](N(C(=O)O)C(C)(C)C(F)(F)F)[C@H](C)C1. The standard InChI is InChI=1S/C40H49F4N5O10S/c1-22-7-5-6-8-24-19-39(24,35(52)47-60(55,56)38(21-41)12-13-38)46-32(50)28-18-25(59-33-27-9-10-29-31(58-16-15-57-29)26(27)11-14-45-33)20-48(28)34(51)30(23(2)17-22)49(36(53)54)37(3,4)40(42,43)44/h6,8-11,14,22-25,28,30H,5,7,12-13,15-21H2,1-4H3,(H,46,50)(H,47,52)(H,53,54)/t22-,23+,24+,25+,28-,30-,39+/m0/s1. The van der Waals surface area contributed by atoms with Crippen molar-refractivity contribution in [1.29, 1.82) is 0 Å². The van der Waals surface area contributed by atoms with E-state index in [2.05, 4.69) is 10.3 Å². The van der Waals surface area contributed by atoms with Gasteiger partial charge in [-0.3, -0.25) is 24.0 Å². The molecular formula is C40H49F4N5O10S. The van der Waals surface area contributed by atoms with Gasteiger partial charge in [0.1, 0.15) is 53.9 Å². The molecule has 3 aliphatic heterocycles. The van der Waals surface area contributed by atoms with Crippen molar-refractivity contribution in [3.8, 4) is 17.4 Å². The Kier molecular flexibility index (Phi) is 11.2. The molecule has 1 saturated heterocycles. The van der Waals surface area contributed by atoms with Gasteiger partial charge in [-0.2, -0.15) is 13.2 Å². The van der Waals surface area contributed by atoms with E-state index in [1.165, 1.54) is 13.1 Å². The van der Waals surface area contributed by atoms with Gasteiger partial charge in [0, 0.05) is 29.3 Å².